The normalized spacial score (nSPS) is 19.1. The van der Waals surface area contributed by atoms with Crippen molar-refractivity contribution in [1.29, 1.82) is 0 Å². The fourth-order valence-electron chi connectivity index (χ4n) is 2.73. The molecule has 7 nitrogen and oxygen atoms in total. The number of piperidine rings is 1. The first-order valence-electron chi connectivity index (χ1n) is 6.95. The summed E-state index contributed by atoms with van der Waals surface area (Å²) in [6.45, 7) is 1.40. The SMILES string of the molecule is CNCC1CCCN(S(=O)(=O)c2c(Cl)cccc2[N+](=O)[O-])C1.Cl. The molecule has 0 aromatic heterocycles. The molecule has 1 aliphatic rings. The molecule has 1 atom stereocenters. The first-order chi connectivity index (χ1) is 10.4. The third-order valence-electron chi connectivity index (χ3n) is 3.72. The van der Waals surface area contributed by atoms with Crippen molar-refractivity contribution in [1.82, 2.24) is 9.62 Å². The maximum absolute atomic E-state index is 12.8. The van der Waals surface area contributed by atoms with Crippen LogP contribution >= 0.6 is 24.0 Å². The van der Waals surface area contributed by atoms with Gasteiger partial charge in [-0.2, -0.15) is 4.31 Å². The Labute approximate surface area is 146 Å². The van der Waals surface area contributed by atoms with Crippen LogP contribution in [0.15, 0.2) is 23.1 Å². The van der Waals surface area contributed by atoms with E-state index in [1.165, 1.54) is 16.4 Å². The van der Waals surface area contributed by atoms with Crippen molar-refractivity contribution in [2.75, 3.05) is 26.7 Å². The van der Waals surface area contributed by atoms with Gasteiger partial charge in [-0.25, -0.2) is 8.42 Å². The zero-order valence-electron chi connectivity index (χ0n) is 12.6. The minimum Gasteiger partial charge on any atom is -0.319 e. The third-order valence-corrected chi connectivity index (χ3v) is 6.10. The number of nitrogens with zero attached hydrogens (tertiary/aromatic N) is 2. The molecule has 1 aromatic rings. The van der Waals surface area contributed by atoms with Gasteiger partial charge in [-0.15, -0.1) is 12.4 Å². The van der Waals surface area contributed by atoms with Crippen LogP contribution in [0.3, 0.4) is 0 Å². The molecule has 0 saturated carbocycles. The Hall–Kier alpha value is -0.930. The van der Waals surface area contributed by atoms with E-state index in [1.54, 1.807) is 0 Å². The van der Waals surface area contributed by atoms with Crippen LogP contribution in [0, 0.1) is 16.0 Å². The largest absolute Gasteiger partial charge is 0.319 e. The topological polar surface area (TPSA) is 92.6 Å². The number of benzene rings is 1. The van der Waals surface area contributed by atoms with E-state index in [0.717, 1.165) is 18.9 Å². The summed E-state index contributed by atoms with van der Waals surface area (Å²) in [6, 6.07) is 3.89. The fraction of sp³-hybridized carbons (Fsp3) is 0.538. The Morgan fingerprint density at radius 3 is 2.78 bits per heavy atom. The van der Waals surface area contributed by atoms with Gasteiger partial charge in [0.1, 0.15) is 0 Å². The lowest BCUT2D eigenvalue weighted by Gasteiger charge is -2.31. The van der Waals surface area contributed by atoms with Crippen LogP contribution in [-0.2, 0) is 10.0 Å². The van der Waals surface area contributed by atoms with Crippen molar-refractivity contribution in [2.24, 2.45) is 5.92 Å². The van der Waals surface area contributed by atoms with E-state index in [4.69, 9.17) is 11.6 Å². The molecule has 0 bridgehead atoms. The van der Waals surface area contributed by atoms with Crippen LogP contribution in [0.1, 0.15) is 12.8 Å². The van der Waals surface area contributed by atoms with Gasteiger partial charge >= 0.3 is 0 Å². The number of rotatable bonds is 5. The Balaban J connectivity index is 0.00000264. The van der Waals surface area contributed by atoms with E-state index < -0.39 is 25.5 Å². The van der Waals surface area contributed by atoms with Gasteiger partial charge in [0.05, 0.1) is 9.95 Å². The summed E-state index contributed by atoms with van der Waals surface area (Å²) in [4.78, 5) is 10.00. The molecule has 0 aliphatic carbocycles. The molecule has 10 heteroatoms. The van der Waals surface area contributed by atoms with Gasteiger partial charge in [-0.1, -0.05) is 17.7 Å². The van der Waals surface area contributed by atoms with Crippen molar-refractivity contribution >= 4 is 39.7 Å². The van der Waals surface area contributed by atoms with Gasteiger partial charge in [-0.3, -0.25) is 10.1 Å². The molecule has 23 heavy (non-hydrogen) atoms. The molecule has 2 rings (SSSR count). The van der Waals surface area contributed by atoms with E-state index >= 15 is 0 Å². The van der Waals surface area contributed by atoms with E-state index in [-0.39, 0.29) is 23.3 Å². The third kappa shape index (κ3) is 4.33. The van der Waals surface area contributed by atoms with Gasteiger partial charge in [0.25, 0.3) is 15.7 Å². The highest BCUT2D eigenvalue weighted by Gasteiger charge is 2.36. The summed E-state index contributed by atoms with van der Waals surface area (Å²) in [5.41, 5.74) is -0.483. The minimum atomic E-state index is -3.99. The second kappa shape index (κ2) is 8.25. The van der Waals surface area contributed by atoms with Crippen molar-refractivity contribution in [3.05, 3.63) is 33.3 Å². The van der Waals surface area contributed by atoms with Crippen molar-refractivity contribution in [3.63, 3.8) is 0 Å². The first-order valence-corrected chi connectivity index (χ1v) is 8.77. The van der Waals surface area contributed by atoms with Crippen LogP contribution < -0.4 is 5.32 Å². The van der Waals surface area contributed by atoms with Crippen LogP contribution in [0.5, 0.6) is 0 Å². The van der Waals surface area contributed by atoms with E-state index in [1.807, 2.05) is 7.05 Å². The molecule has 1 heterocycles. The van der Waals surface area contributed by atoms with E-state index in [2.05, 4.69) is 5.32 Å². The molecule has 1 aliphatic heterocycles. The highest BCUT2D eigenvalue weighted by molar-refractivity contribution is 7.89. The fourth-order valence-corrected chi connectivity index (χ4v) is 4.94. The molecule has 1 N–H and O–H groups in total. The number of hydrogen-bond donors (Lipinski definition) is 1. The number of halogens is 2. The molecular formula is C13H19Cl2N3O4S. The monoisotopic (exact) mass is 383 g/mol. The van der Waals surface area contributed by atoms with Crippen molar-refractivity contribution < 1.29 is 13.3 Å². The predicted octanol–water partition coefficient (Wildman–Crippen LogP) is 2.29. The van der Waals surface area contributed by atoms with Gasteiger partial charge < -0.3 is 5.32 Å². The van der Waals surface area contributed by atoms with Crippen LogP contribution in [0.4, 0.5) is 5.69 Å². The van der Waals surface area contributed by atoms with Gasteiger partial charge in [0, 0.05) is 19.2 Å². The Bertz CT molecular complexity index is 667. The first kappa shape index (κ1) is 20.1. The highest BCUT2D eigenvalue weighted by Crippen LogP contribution is 2.34. The van der Waals surface area contributed by atoms with Gasteiger partial charge in [0.2, 0.25) is 0 Å². The molecular weight excluding hydrogens is 365 g/mol. The van der Waals surface area contributed by atoms with E-state index in [9.17, 15) is 18.5 Å². The number of nitro groups is 1. The average Bonchev–Trinajstić information content (AvgIpc) is 2.47. The van der Waals surface area contributed by atoms with Crippen molar-refractivity contribution in [2.45, 2.75) is 17.7 Å². The highest BCUT2D eigenvalue weighted by atomic mass is 35.5. The molecule has 1 unspecified atom stereocenters. The predicted molar refractivity (Wildman–Crippen MR) is 90.8 cm³/mol. The second-order valence-corrected chi connectivity index (χ2v) is 7.56. The summed E-state index contributed by atoms with van der Waals surface area (Å²) in [6.07, 6.45) is 1.65. The van der Waals surface area contributed by atoms with Crippen LogP contribution in [-0.4, -0.2) is 44.3 Å². The Morgan fingerprint density at radius 1 is 1.48 bits per heavy atom. The molecule has 1 aromatic carbocycles. The summed E-state index contributed by atoms with van der Waals surface area (Å²) in [5.74, 6) is 0.190. The summed E-state index contributed by atoms with van der Waals surface area (Å²) in [7, 11) is -2.18. The smallest absolute Gasteiger partial charge is 0.290 e. The van der Waals surface area contributed by atoms with Gasteiger partial charge in [0.15, 0.2) is 4.90 Å². The summed E-state index contributed by atoms with van der Waals surface area (Å²) in [5, 5.41) is 14.0. The molecule has 0 spiro atoms. The molecule has 0 amide bonds. The zero-order valence-corrected chi connectivity index (χ0v) is 15.0. The molecule has 1 fully saturated rings. The summed E-state index contributed by atoms with van der Waals surface area (Å²) < 4.78 is 26.9. The maximum Gasteiger partial charge on any atom is 0.290 e. The lowest BCUT2D eigenvalue weighted by atomic mass is 10.00. The standard InChI is InChI=1S/C13H18ClN3O4S.ClH/c1-15-8-10-4-3-7-16(9-10)22(20,21)13-11(14)5-2-6-12(13)17(18)19;/h2,5-6,10,15H,3-4,7-9H2,1H3;1H. The molecule has 130 valence electrons. The van der Waals surface area contributed by atoms with Crippen LogP contribution in [0.2, 0.25) is 5.02 Å². The Morgan fingerprint density at radius 2 is 2.17 bits per heavy atom. The minimum absolute atomic E-state index is 0. The van der Waals surface area contributed by atoms with Gasteiger partial charge in [-0.05, 0) is 38.4 Å². The lowest BCUT2D eigenvalue weighted by Crippen LogP contribution is -2.42. The molecule has 1 saturated heterocycles. The maximum atomic E-state index is 12.8. The van der Waals surface area contributed by atoms with E-state index in [0.29, 0.717) is 19.6 Å². The lowest BCUT2D eigenvalue weighted by molar-refractivity contribution is -0.387. The number of hydrogen-bond acceptors (Lipinski definition) is 5. The molecule has 0 radical (unpaired) electrons. The zero-order chi connectivity index (χ0) is 16.3. The Kier molecular flexibility index (Phi) is 7.22. The quantitative estimate of drug-likeness (QED) is 0.621. The van der Waals surface area contributed by atoms with Crippen molar-refractivity contribution in [3.8, 4) is 0 Å². The summed E-state index contributed by atoms with van der Waals surface area (Å²) >= 11 is 5.95. The number of nitro benzene ring substituents is 1. The number of nitrogens with one attached hydrogen (secondary N) is 1. The number of sulfonamides is 1. The average molecular weight is 384 g/mol. The van der Waals surface area contributed by atoms with Crippen LogP contribution in [0.25, 0.3) is 0 Å². The second-order valence-electron chi connectivity index (χ2n) is 5.27.